The van der Waals surface area contributed by atoms with E-state index in [9.17, 15) is 5.11 Å². The zero-order valence-electron chi connectivity index (χ0n) is 9.53. The standard InChI is InChI=1S/C10H23NO3/c1-4-11(6-7-14-5-2)8-10(12)9-13-3/h10,12H,4-9H2,1-3H3. The van der Waals surface area contributed by atoms with Crippen LogP contribution < -0.4 is 0 Å². The summed E-state index contributed by atoms with van der Waals surface area (Å²) in [6.45, 7) is 8.37. The number of aliphatic hydroxyl groups excluding tert-OH is 1. The Balaban J connectivity index is 3.55. The van der Waals surface area contributed by atoms with Gasteiger partial charge in [-0.25, -0.2) is 0 Å². The molecule has 0 saturated carbocycles. The maximum absolute atomic E-state index is 9.50. The van der Waals surface area contributed by atoms with Gasteiger partial charge in [0.05, 0.1) is 19.3 Å². The van der Waals surface area contributed by atoms with Gasteiger partial charge in [-0.3, -0.25) is 4.90 Å². The molecule has 0 saturated heterocycles. The third-order valence-corrected chi connectivity index (χ3v) is 2.03. The van der Waals surface area contributed by atoms with E-state index in [0.29, 0.717) is 13.2 Å². The van der Waals surface area contributed by atoms with Crippen LogP contribution in [0.2, 0.25) is 0 Å². The monoisotopic (exact) mass is 205 g/mol. The summed E-state index contributed by atoms with van der Waals surface area (Å²) >= 11 is 0. The number of nitrogens with zero attached hydrogens (tertiary/aromatic N) is 1. The molecule has 1 atom stereocenters. The highest BCUT2D eigenvalue weighted by molar-refractivity contribution is 4.62. The highest BCUT2D eigenvalue weighted by Crippen LogP contribution is 1.93. The molecule has 0 aliphatic carbocycles. The lowest BCUT2D eigenvalue weighted by molar-refractivity contribution is 0.0302. The number of ether oxygens (including phenoxy) is 2. The van der Waals surface area contributed by atoms with Crippen molar-refractivity contribution in [2.45, 2.75) is 20.0 Å². The molecule has 0 aromatic rings. The Morgan fingerprint density at radius 3 is 2.57 bits per heavy atom. The van der Waals surface area contributed by atoms with E-state index >= 15 is 0 Å². The first kappa shape index (κ1) is 13.8. The average molecular weight is 205 g/mol. The lowest BCUT2D eigenvalue weighted by Crippen LogP contribution is -2.36. The summed E-state index contributed by atoms with van der Waals surface area (Å²) in [5.41, 5.74) is 0. The minimum Gasteiger partial charge on any atom is -0.389 e. The molecule has 0 rings (SSSR count). The van der Waals surface area contributed by atoms with Gasteiger partial charge < -0.3 is 14.6 Å². The number of hydrogen-bond acceptors (Lipinski definition) is 4. The van der Waals surface area contributed by atoms with Gasteiger partial charge in [0.2, 0.25) is 0 Å². The van der Waals surface area contributed by atoms with Gasteiger partial charge in [-0.15, -0.1) is 0 Å². The van der Waals surface area contributed by atoms with Gasteiger partial charge in [-0.05, 0) is 13.5 Å². The van der Waals surface area contributed by atoms with Gasteiger partial charge in [0.15, 0.2) is 0 Å². The molecule has 0 aromatic heterocycles. The first-order chi connectivity index (χ1) is 6.74. The third-order valence-electron chi connectivity index (χ3n) is 2.03. The van der Waals surface area contributed by atoms with Crippen molar-refractivity contribution < 1.29 is 14.6 Å². The molecule has 0 fully saturated rings. The first-order valence-corrected chi connectivity index (χ1v) is 5.21. The molecule has 0 amide bonds. The smallest absolute Gasteiger partial charge is 0.0900 e. The molecule has 86 valence electrons. The largest absolute Gasteiger partial charge is 0.389 e. The Bertz CT molecular complexity index is 122. The van der Waals surface area contributed by atoms with Crippen LogP contribution in [0.25, 0.3) is 0 Å². The van der Waals surface area contributed by atoms with Crippen molar-refractivity contribution in [3.63, 3.8) is 0 Å². The van der Waals surface area contributed by atoms with Gasteiger partial charge in [0, 0.05) is 26.8 Å². The predicted octanol–water partition coefficient (Wildman–Crippen LogP) is 0.352. The van der Waals surface area contributed by atoms with Crippen molar-refractivity contribution in [1.82, 2.24) is 4.90 Å². The van der Waals surface area contributed by atoms with E-state index in [4.69, 9.17) is 9.47 Å². The summed E-state index contributed by atoms with van der Waals surface area (Å²) in [6.07, 6.45) is -0.401. The van der Waals surface area contributed by atoms with Crippen LogP contribution in [0.1, 0.15) is 13.8 Å². The van der Waals surface area contributed by atoms with E-state index in [1.54, 1.807) is 7.11 Å². The fourth-order valence-electron chi connectivity index (χ4n) is 1.26. The average Bonchev–Trinajstić information content (AvgIpc) is 2.17. The van der Waals surface area contributed by atoms with E-state index in [1.165, 1.54) is 0 Å². The van der Waals surface area contributed by atoms with Crippen molar-refractivity contribution in [3.8, 4) is 0 Å². The van der Waals surface area contributed by atoms with Gasteiger partial charge in [0.1, 0.15) is 0 Å². The molecule has 4 nitrogen and oxygen atoms in total. The van der Waals surface area contributed by atoms with Crippen LogP contribution in [0.5, 0.6) is 0 Å². The minimum absolute atomic E-state index is 0.394. The third kappa shape index (κ3) is 7.26. The molecule has 0 spiro atoms. The second-order valence-corrected chi connectivity index (χ2v) is 3.20. The topological polar surface area (TPSA) is 41.9 Å². The van der Waals surface area contributed by atoms with E-state index < -0.39 is 6.10 Å². The van der Waals surface area contributed by atoms with E-state index in [-0.39, 0.29) is 0 Å². The van der Waals surface area contributed by atoms with Crippen LogP contribution in [0.3, 0.4) is 0 Å². The number of likely N-dealkylation sites (N-methyl/N-ethyl adjacent to an activating group) is 1. The van der Waals surface area contributed by atoms with Crippen LogP contribution in [-0.4, -0.2) is 62.7 Å². The highest BCUT2D eigenvalue weighted by atomic mass is 16.5. The molecular weight excluding hydrogens is 182 g/mol. The van der Waals surface area contributed by atoms with Gasteiger partial charge in [-0.1, -0.05) is 6.92 Å². The van der Waals surface area contributed by atoms with Crippen LogP contribution in [0, 0.1) is 0 Å². The lowest BCUT2D eigenvalue weighted by Gasteiger charge is -2.22. The van der Waals surface area contributed by atoms with Crippen molar-refractivity contribution in [3.05, 3.63) is 0 Å². The zero-order chi connectivity index (χ0) is 10.8. The summed E-state index contributed by atoms with van der Waals surface area (Å²) in [4.78, 5) is 2.15. The SMILES string of the molecule is CCOCCN(CC)CC(O)COC. The highest BCUT2D eigenvalue weighted by Gasteiger charge is 2.09. The van der Waals surface area contributed by atoms with Crippen LogP contribution in [-0.2, 0) is 9.47 Å². The number of rotatable bonds is 9. The van der Waals surface area contributed by atoms with Crippen molar-refractivity contribution in [2.75, 3.05) is 46.6 Å². The molecule has 0 bridgehead atoms. The summed E-state index contributed by atoms with van der Waals surface area (Å²) in [7, 11) is 1.60. The van der Waals surface area contributed by atoms with E-state index in [1.807, 2.05) is 6.92 Å². The van der Waals surface area contributed by atoms with Crippen molar-refractivity contribution in [1.29, 1.82) is 0 Å². The molecule has 0 aromatic carbocycles. The number of aliphatic hydroxyl groups is 1. The van der Waals surface area contributed by atoms with E-state index in [0.717, 1.165) is 26.3 Å². The molecule has 0 heterocycles. The predicted molar refractivity (Wildman–Crippen MR) is 56.5 cm³/mol. The molecule has 4 heteroatoms. The molecule has 14 heavy (non-hydrogen) atoms. The normalized spacial score (nSPS) is 13.5. The Kier molecular flexibility index (Phi) is 9.29. The van der Waals surface area contributed by atoms with Crippen LogP contribution in [0.4, 0.5) is 0 Å². The fourth-order valence-corrected chi connectivity index (χ4v) is 1.26. The minimum atomic E-state index is -0.401. The van der Waals surface area contributed by atoms with Gasteiger partial charge in [-0.2, -0.15) is 0 Å². The summed E-state index contributed by atoms with van der Waals surface area (Å²) in [5.74, 6) is 0. The van der Waals surface area contributed by atoms with E-state index in [2.05, 4.69) is 11.8 Å². The van der Waals surface area contributed by atoms with Gasteiger partial charge in [0.25, 0.3) is 0 Å². The summed E-state index contributed by atoms with van der Waals surface area (Å²) in [5, 5.41) is 9.50. The zero-order valence-corrected chi connectivity index (χ0v) is 9.53. The second kappa shape index (κ2) is 9.40. The Morgan fingerprint density at radius 1 is 1.36 bits per heavy atom. The van der Waals surface area contributed by atoms with Crippen molar-refractivity contribution >= 4 is 0 Å². The van der Waals surface area contributed by atoms with Crippen molar-refractivity contribution in [2.24, 2.45) is 0 Å². The van der Waals surface area contributed by atoms with Gasteiger partial charge >= 0.3 is 0 Å². The Hall–Kier alpha value is -0.160. The first-order valence-electron chi connectivity index (χ1n) is 5.21. The maximum atomic E-state index is 9.50. The van der Waals surface area contributed by atoms with Crippen LogP contribution in [0.15, 0.2) is 0 Å². The molecule has 0 radical (unpaired) electrons. The second-order valence-electron chi connectivity index (χ2n) is 3.20. The summed E-state index contributed by atoms with van der Waals surface area (Å²) < 4.78 is 10.1. The van der Waals surface area contributed by atoms with Crippen LogP contribution >= 0.6 is 0 Å². The lowest BCUT2D eigenvalue weighted by atomic mass is 10.3. The molecule has 0 aliphatic rings. The number of hydrogen-bond donors (Lipinski definition) is 1. The number of methoxy groups -OCH3 is 1. The Morgan fingerprint density at radius 2 is 2.07 bits per heavy atom. The molecular formula is C10H23NO3. The molecule has 1 unspecified atom stereocenters. The summed E-state index contributed by atoms with van der Waals surface area (Å²) in [6, 6.07) is 0. The molecule has 0 aliphatic heterocycles. The molecule has 1 N–H and O–H groups in total. The quantitative estimate of drug-likeness (QED) is 0.552. The maximum Gasteiger partial charge on any atom is 0.0900 e. The fraction of sp³-hybridized carbons (Fsp3) is 1.00. The Labute approximate surface area is 86.8 Å².